The van der Waals surface area contributed by atoms with Gasteiger partial charge in [-0.3, -0.25) is 4.79 Å². The van der Waals surface area contributed by atoms with E-state index >= 15 is 0 Å². The summed E-state index contributed by atoms with van der Waals surface area (Å²) < 4.78 is 11.8. The summed E-state index contributed by atoms with van der Waals surface area (Å²) in [4.78, 5) is 12.4. The Labute approximate surface area is 158 Å². The molecule has 0 aliphatic carbocycles. The van der Waals surface area contributed by atoms with E-state index in [9.17, 15) is 4.79 Å². The Morgan fingerprint density at radius 3 is 2.63 bits per heavy atom. The van der Waals surface area contributed by atoms with E-state index in [1.807, 2.05) is 79.7 Å². The Hall–Kier alpha value is -3.27. The van der Waals surface area contributed by atoms with E-state index < -0.39 is 0 Å². The number of nitrogens with one attached hydrogen (secondary N) is 1. The molecule has 0 aromatic heterocycles. The van der Waals surface area contributed by atoms with E-state index in [-0.39, 0.29) is 12.0 Å². The lowest BCUT2D eigenvalue weighted by Crippen LogP contribution is -2.34. The number of carbonyl (C=O) groups excluding carboxylic acids is 1. The van der Waals surface area contributed by atoms with E-state index in [4.69, 9.17) is 9.47 Å². The molecular formula is C23H21NO3. The molecular weight excluding hydrogens is 338 g/mol. The summed E-state index contributed by atoms with van der Waals surface area (Å²) in [5.74, 6) is 2.37. The summed E-state index contributed by atoms with van der Waals surface area (Å²) in [5.41, 5.74) is 2.76. The molecule has 1 heterocycles. The van der Waals surface area contributed by atoms with Crippen LogP contribution in [0.4, 0.5) is 0 Å². The van der Waals surface area contributed by atoms with Crippen LogP contribution in [0.5, 0.6) is 17.2 Å². The number of hydrogen-bond donors (Lipinski definition) is 1. The number of carbonyl (C=O) groups is 1. The van der Waals surface area contributed by atoms with Crippen LogP contribution in [0.1, 0.15) is 21.5 Å². The maximum atomic E-state index is 12.4. The molecule has 1 amide bonds. The molecule has 4 heteroatoms. The first-order valence-electron chi connectivity index (χ1n) is 9.05. The number of hydrogen-bond acceptors (Lipinski definition) is 3. The predicted octanol–water partition coefficient (Wildman–Crippen LogP) is 4.52. The number of benzene rings is 3. The molecule has 0 fully saturated rings. The number of ether oxygens (including phenoxy) is 2. The third kappa shape index (κ3) is 3.95. The second-order valence-electron chi connectivity index (χ2n) is 6.65. The first-order chi connectivity index (χ1) is 13.2. The summed E-state index contributed by atoms with van der Waals surface area (Å²) in [6, 6.07) is 23.1. The van der Waals surface area contributed by atoms with E-state index in [0.29, 0.717) is 12.1 Å². The third-order valence-electron chi connectivity index (χ3n) is 4.63. The monoisotopic (exact) mass is 359 g/mol. The molecule has 4 rings (SSSR count). The average Bonchev–Trinajstić information content (AvgIpc) is 3.09. The predicted molar refractivity (Wildman–Crippen MR) is 105 cm³/mol. The summed E-state index contributed by atoms with van der Waals surface area (Å²) >= 11 is 0. The van der Waals surface area contributed by atoms with Crippen molar-refractivity contribution in [1.29, 1.82) is 0 Å². The lowest BCUT2D eigenvalue weighted by Gasteiger charge is -2.12. The Morgan fingerprint density at radius 2 is 1.81 bits per heavy atom. The van der Waals surface area contributed by atoms with Crippen molar-refractivity contribution in [2.24, 2.45) is 0 Å². The zero-order chi connectivity index (χ0) is 18.6. The van der Waals surface area contributed by atoms with Crippen LogP contribution < -0.4 is 14.8 Å². The number of para-hydroxylation sites is 1. The number of fused-ring (bicyclic) bond motifs is 1. The van der Waals surface area contributed by atoms with Gasteiger partial charge in [-0.2, -0.15) is 0 Å². The van der Waals surface area contributed by atoms with E-state index in [1.165, 1.54) is 0 Å². The van der Waals surface area contributed by atoms with Crippen molar-refractivity contribution < 1.29 is 14.3 Å². The van der Waals surface area contributed by atoms with Gasteiger partial charge in [0.1, 0.15) is 23.4 Å². The molecule has 3 aromatic carbocycles. The van der Waals surface area contributed by atoms with Gasteiger partial charge in [0, 0.05) is 17.5 Å². The summed E-state index contributed by atoms with van der Waals surface area (Å²) in [6.07, 6.45) is 0.676. The molecule has 3 aromatic rings. The molecule has 0 bridgehead atoms. The van der Waals surface area contributed by atoms with Gasteiger partial charge < -0.3 is 14.8 Å². The highest BCUT2D eigenvalue weighted by Crippen LogP contribution is 2.33. The van der Waals surface area contributed by atoms with Crippen LogP contribution in [0.2, 0.25) is 0 Å². The quantitative estimate of drug-likeness (QED) is 0.728. The molecule has 0 saturated heterocycles. The Morgan fingerprint density at radius 1 is 1.04 bits per heavy atom. The smallest absolute Gasteiger partial charge is 0.251 e. The van der Waals surface area contributed by atoms with Gasteiger partial charge in [-0.1, -0.05) is 36.4 Å². The van der Waals surface area contributed by atoms with Crippen LogP contribution in [-0.4, -0.2) is 18.6 Å². The highest BCUT2D eigenvalue weighted by Gasteiger charge is 2.24. The van der Waals surface area contributed by atoms with Gasteiger partial charge in [0.25, 0.3) is 5.91 Å². The van der Waals surface area contributed by atoms with Crippen molar-refractivity contribution in [3.05, 3.63) is 89.5 Å². The Kier molecular flexibility index (Phi) is 4.79. The van der Waals surface area contributed by atoms with Crippen LogP contribution in [0.25, 0.3) is 0 Å². The Bertz CT molecular complexity index is 953. The summed E-state index contributed by atoms with van der Waals surface area (Å²) in [7, 11) is 0. The first kappa shape index (κ1) is 17.2. The maximum absolute atomic E-state index is 12.4. The zero-order valence-electron chi connectivity index (χ0n) is 15.1. The molecule has 1 aliphatic rings. The normalized spacial score (nSPS) is 14.9. The molecule has 0 unspecified atom stereocenters. The van der Waals surface area contributed by atoms with Gasteiger partial charge in [-0.15, -0.1) is 0 Å². The van der Waals surface area contributed by atoms with Gasteiger partial charge in [0.15, 0.2) is 0 Å². The fraction of sp³-hybridized carbons (Fsp3) is 0.174. The standard InChI is InChI=1S/C23H21NO3/c1-16-7-5-6-10-21(16)23(25)24-15-20-14-17-13-19(11-12-22(17)27-20)26-18-8-3-2-4-9-18/h2-13,20H,14-15H2,1H3,(H,24,25)/t20-/m0/s1. The first-order valence-corrected chi connectivity index (χ1v) is 9.05. The molecule has 1 aliphatic heterocycles. The molecule has 1 N–H and O–H groups in total. The Balaban J connectivity index is 1.37. The largest absolute Gasteiger partial charge is 0.488 e. The number of amides is 1. The van der Waals surface area contributed by atoms with Crippen LogP contribution in [-0.2, 0) is 6.42 Å². The third-order valence-corrected chi connectivity index (χ3v) is 4.63. The summed E-state index contributed by atoms with van der Waals surface area (Å²) in [6.45, 7) is 2.40. The minimum atomic E-state index is -0.0695. The fourth-order valence-corrected chi connectivity index (χ4v) is 3.23. The van der Waals surface area contributed by atoms with Gasteiger partial charge in [-0.25, -0.2) is 0 Å². The van der Waals surface area contributed by atoms with Crippen molar-refractivity contribution in [1.82, 2.24) is 5.32 Å². The van der Waals surface area contributed by atoms with E-state index in [1.54, 1.807) is 0 Å². The molecule has 136 valence electrons. The minimum Gasteiger partial charge on any atom is -0.488 e. The van der Waals surface area contributed by atoms with Gasteiger partial charge in [0.05, 0.1) is 6.54 Å². The van der Waals surface area contributed by atoms with Crippen molar-refractivity contribution >= 4 is 5.91 Å². The van der Waals surface area contributed by atoms with Gasteiger partial charge in [-0.05, 0) is 48.9 Å². The highest BCUT2D eigenvalue weighted by molar-refractivity contribution is 5.95. The number of rotatable bonds is 5. The van der Waals surface area contributed by atoms with Crippen LogP contribution in [0.15, 0.2) is 72.8 Å². The van der Waals surface area contributed by atoms with Gasteiger partial charge in [0.2, 0.25) is 0 Å². The second kappa shape index (κ2) is 7.54. The molecule has 0 spiro atoms. The lowest BCUT2D eigenvalue weighted by atomic mass is 10.1. The number of aryl methyl sites for hydroxylation is 1. The van der Waals surface area contributed by atoms with E-state index in [2.05, 4.69) is 5.32 Å². The zero-order valence-corrected chi connectivity index (χ0v) is 15.1. The molecule has 0 radical (unpaired) electrons. The molecule has 27 heavy (non-hydrogen) atoms. The summed E-state index contributed by atoms with van der Waals surface area (Å²) in [5, 5.41) is 2.98. The van der Waals surface area contributed by atoms with E-state index in [0.717, 1.165) is 34.8 Å². The van der Waals surface area contributed by atoms with Crippen molar-refractivity contribution in [2.75, 3.05) is 6.54 Å². The molecule has 1 atom stereocenters. The lowest BCUT2D eigenvalue weighted by molar-refractivity contribution is 0.0933. The van der Waals surface area contributed by atoms with Crippen molar-refractivity contribution in [2.45, 2.75) is 19.4 Å². The molecule has 4 nitrogen and oxygen atoms in total. The van der Waals surface area contributed by atoms with Crippen molar-refractivity contribution in [3.8, 4) is 17.2 Å². The maximum Gasteiger partial charge on any atom is 0.251 e. The van der Waals surface area contributed by atoms with Crippen LogP contribution >= 0.6 is 0 Å². The molecule has 0 saturated carbocycles. The SMILES string of the molecule is Cc1ccccc1C(=O)NC[C@@H]1Cc2cc(Oc3ccccc3)ccc2O1. The topological polar surface area (TPSA) is 47.6 Å². The average molecular weight is 359 g/mol. The second-order valence-corrected chi connectivity index (χ2v) is 6.65. The minimum absolute atomic E-state index is 0.0687. The van der Waals surface area contributed by atoms with Crippen LogP contribution in [0.3, 0.4) is 0 Å². The van der Waals surface area contributed by atoms with Crippen molar-refractivity contribution in [3.63, 3.8) is 0 Å². The van der Waals surface area contributed by atoms with Crippen LogP contribution in [0, 0.1) is 6.92 Å². The fourth-order valence-electron chi connectivity index (χ4n) is 3.23. The highest BCUT2D eigenvalue weighted by atomic mass is 16.5. The van der Waals surface area contributed by atoms with Gasteiger partial charge >= 0.3 is 0 Å².